The van der Waals surface area contributed by atoms with Crippen LogP contribution in [0, 0.1) is 20.8 Å². The van der Waals surface area contributed by atoms with Gasteiger partial charge in [-0.2, -0.15) is 0 Å². The molecule has 0 saturated heterocycles. The van der Waals surface area contributed by atoms with Crippen LogP contribution in [-0.2, 0) is 11.2 Å². The van der Waals surface area contributed by atoms with Crippen molar-refractivity contribution in [3.8, 4) is 0 Å². The highest BCUT2D eigenvalue weighted by Gasteiger charge is 2.12. The number of thioether (sulfide) groups is 1. The number of aryl methyl sites for hydroxylation is 4. The summed E-state index contributed by atoms with van der Waals surface area (Å²) in [7, 11) is 0. The van der Waals surface area contributed by atoms with E-state index in [1.807, 2.05) is 32.0 Å². The van der Waals surface area contributed by atoms with E-state index >= 15 is 0 Å². The molecule has 0 aliphatic heterocycles. The molecular formula is C18H22N2O2S2. The second-order valence-electron chi connectivity index (χ2n) is 5.61. The first-order valence-corrected chi connectivity index (χ1v) is 9.59. The second kappa shape index (κ2) is 8.35. The molecular weight excluding hydrogens is 340 g/mol. The van der Waals surface area contributed by atoms with E-state index in [9.17, 15) is 9.59 Å². The van der Waals surface area contributed by atoms with Gasteiger partial charge in [-0.15, -0.1) is 23.1 Å². The quantitative estimate of drug-likeness (QED) is 0.628. The lowest BCUT2D eigenvalue weighted by atomic mass is 10.1. The van der Waals surface area contributed by atoms with E-state index in [-0.39, 0.29) is 17.6 Å². The molecule has 1 aromatic carbocycles. The van der Waals surface area contributed by atoms with Crippen LogP contribution >= 0.6 is 23.1 Å². The summed E-state index contributed by atoms with van der Waals surface area (Å²) in [6.07, 6.45) is 0.906. The van der Waals surface area contributed by atoms with Crippen molar-refractivity contribution in [1.82, 2.24) is 10.9 Å². The molecule has 2 aromatic rings. The summed E-state index contributed by atoms with van der Waals surface area (Å²) in [6.45, 7) is 8.16. The SMILES string of the molecule is CCc1sc(C(=O)NNC(=O)CSc2ccc(C)c(C)c2)cc1C. The minimum absolute atomic E-state index is 0.226. The van der Waals surface area contributed by atoms with Crippen LogP contribution in [0.25, 0.3) is 0 Å². The summed E-state index contributed by atoms with van der Waals surface area (Å²) in [4.78, 5) is 26.8. The van der Waals surface area contributed by atoms with E-state index in [0.29, 0.717) is 4.88 Å². The summed E-state index contributed by atoms with van der Waals surface area (Å²) in [5, 5.41) is 0. The van der Waals surface area contributed by atoms with E-state index in [1.54, 1.807) is 0 Å². The van der Waals surface area contributed by atoms with Crippen LogP contribution in [0.15, 0.2) is 29.2 Å². The molecule has 0 fully saturated rings. The molecule has 2 rings (SSSR count). The minimum Gasteiger partial charge on any atom is -0.272 e. The number of carbonyl (C=O) groups excluding carboxylic acids is 2. The van der Waals surface area contributed by atoms with Crippen molar-refractivity contribution >= 4 is 34.9 Å². The van der Waals surface area contributed by atoms with Gasteiger partial charge in [0.05, 0.1) is 10.6 Å². The molecule has 0 bridgehead atoms. The summed E-state index contributed by atoms with van der Waals surface area (Å²) in [6, 6.07) is 7.96. The number of carbonyl (C=O) groups is 2. The van der Waals surface area contributed by atoms with Gasteiger partial charge in [-0.25, -0.2) is 0 Å². The number of thiophene rings is 1. The molecule has 0 saturated carbocycles. The third kappa shape index (κ3) is 4.85. The Morgan fingerprint density at radius 3 is 2.42 bits per heavy atom. The van der Waals surface area contributed by atoms with E-state index < -0.39 is 0 Å². The Hall–Kier alpha value is -1.79. The normalized spacial score (nSPS) is 10.5. The minimum atomic E-state index is -0.271. The Bertz CT molecular complexity index is 753. The average Bonchev–Trinajstić information content (AvgIpc) is 2.94. The first-order valence-electron chi connectivity index (χ1n) is 7.79. The average molecular weight is 363 g/mol. The molecule has 2 N–H and O–H groups in total. The standard InChI is InChI=1S/C18H22N2O2S2/c1-5-15-13(4)9-16(24-15)18(22)20-19-17(21)10-23-14-7-6-11(2)12(3)8-14/h6-9H,5,10H2,1-4H3,(H,19,21)(H,20,22). The molecule has 1 aromatic heterocycles. The number of benzene rings is 1. The fraction of sp³-hybridized carbons (Fsp3) is 0.333. The highest BCUT2D eigenvalue weighted by molar-refractivity contribution is 8.00. The van der Waals surface area contributed by atoms with Gasteiger partial charge in [-0.05, 0) is 62.1 Å². The fourth-order valence-electron chi connectivity index (χ4n) is 2.16. The predicted molar refractivity (Wildman–Crippen MR) is 101 cm³/mol. The summed E-state index contributed by atoms with van der Waals surface area (Å²) in [5.41, 5.74) is 8.50. The van der Waals surface area contributed by atoms with Crippen molar-refractivity contribution in [2.24, 2.45) is 0 Å². The molecule has 4 nitrogen and oxygen atoms in total. The van der Waals surface area contributed by atoms with Gasteiger partial charge in [0, 0.05) is 9.77 Å². The third-order valence-corrected chi connectivity index (χ3v) is 6.10. The van der Waals surface area contributed by atoms with Gasteiger partial charge in [-0.3, -0.25) is 20.4 Å². The Morgan fingerprint density at radius 1 is 1.04 bits per heavy atom. The van der Waals surface area contributed by atoms with Gasteiger partial charge < -0.3 is 0 Å². The van der Waals surface area contributed by atoms with Crippen LogP contribution in [0.3, 0.4) is 0 Å². The third-order valence-electron chi connectivity index (χ3n) is 3.73. The number of hydrogen-bond acceptors (Lipinski definition) is 4. The number of amides is 2. The lowest BCUT2D eigenvalue weighted by Gasteiger charge is -2.07. The molecule has 0 aliphatic carbocycles. The highest BCUT2D eigenvalue weighted by Crippen LogP contribution is 2.22. The maximum atomic E-state index is 12.1. The summed E-state index contributed by atoms with van der Waals surface area (Å²) in [5.74, 6) is -0.241. The first kappa shape index (κ1) is 18.5. The zero-order chi connectivity index (χ0) is 17.7. The number of rotatable bonds is 5. The van der Waals surface area contributed by atoms with Crippen LogP contribution < -0.4 is 10.9 Å². The Labute approximate surface area is 151 Å². The van der Waals surface area contributed by atoms with Gasteiger partial charge in [0.2, 0.25) is 5.91 Å². The lowest BCUT2D eigenvalue weighted by Crippen LogP contribution is -2.42. The smallest absolute Gasteiger partial charge is 0.272 e. The highest BCUT2D eigenvalue weighted by atomic mass is 32.2. The molecule has 0 atom stereocenters. The van der Waals surface area contributed by atoms with Crippen molar-refractivity contribution in [2.75, 3.05) is 5.75 Å². The van der Waals surface area contributed by atoms with E-state index in [4.69, 9.17) is 0 Å². The van der Waals surface area contributed by atoms with Crippen molar-refractivity contribution < 1.29 is 9.59 Å². The molecule has 1 heterocycles. The van der Waals surface area contributed by atoms with Crippen molar-refractivity contribution in [3.63, 3.8) is 0 Å². The molecule has 0 aliphatic rings. The molecule has 128 valence electrons. The Kier molecular flexibility index (Phi) is 6.45. The van der Waals surface area contributed by atoms with E-state index in [1.165, 1.54) is 39.1 Å². The lowest BCUT2D eigenvalue weighted by molar-refractivity contribution is -0.119. The molecule has 0 unspecified atom stereocenters. The van der Waals surface area contributed by atoms with Crippen LogP contribution in [0.1, 0.15) is 38.2 Å². The second-order valence-corrected chi connectivity index (χ2v) is 7.79. The number of hydrazine groups is 1. The van der Waals surface area contributed by atoms with Crippen LogP contribution in [-0.4, -0.2) is 17.6 Å². The molecule has 0 spiro atoms. The first-order chi connectivity index (χ1) is 11.4. The van der Waals surface area contributed by atoms with Gasteiger partial charge >= 0.3 is 0 Å². The molecule has 24 heavy (non-hydrogen) atoms. The van der Waals surface area contributed by atoms with Gasteiger partial charge in [-0.1, -0.05) is 13.0 Å². The van der Waals surface area contributed by atoms with Crippen molar-refractivity contribution in [2.45, 2.75) is 39.0 Å². The summed E-state index contributed by atoms with van der Waals surface area (Å²) >= 11 is 2.91. The summed E-state index contributed by atoms with van der Waals surface area (Å²) < 4.78 is 0. The van der Waals surface area contributed by atoms with Gasteiger partial charge in [0.15, 0.2) is 0 Å². The zero-order valence-corrected chi connectivity index (χ0v) is 16.0. The largest absolute Gasteiger partial charge is 0.279 e. The molecule has 0 radical (unpaired) electrons. The Morgan fingerprint density at radius 2 is 1.79 bits per heavy atom. The van der Waals surface area contributed by atoms with Crippen LogP contribution in [0.4, 0.5) is 0 Å². The number of nitrogens with one attached hydrogen (secondary N) is 2. The monoisotopic (exact) mass is 362 g/mol. The van der Waals surface area contributed by atoms with Crippen molar-refractivity contribution in [3.05, 3.63) is 50.7 Å². The van der Waals surface area contributed by atoms with Gasteiger partial charge in [0.25, 0.3) is 5.91 Å². The predicted octanol–water partition coefficient (Wildman–Crippen LogP) is 3.79. The van der Waals surface area contributed by atoms with Crippen LogP contribution in [0.5, 0.6) is 0 Å². The molecule has 2 amide bonds. The number of hydrogen-bond donors (Lipinski definition) is 2. The zero-order valence-electron chi connectivity index (χ0n) is 14.4. The maximum absolute atomic E-state index is 12.1. The van der Waals surface area contributed by atoms with E-state index in [0.717, 1.165) is 16.9 Å². The van der Waals surface area contributed by atoms with E-state index in [2.05, 4.69) is 30.8 Å². The van der Waals surface area contributed by atoms with Gasteiger partial charge in [0.1, 0.15) is 0 Å². The topological polar surface area (TPSA) is 58.2 Å². The molecule has 6 heteroatoms. The van der Waals surface area contributed by atoms with Crippen LogP contribution in [0.2, 0.25) is 0 Å². The maximum Gasteiger partial charge on any atom is 0.279 e. The fourth-order valence-corrected chi connectivity index (χ4v) is 3.96. The van der Waals surface area contributed by atoms with Crippen molar-refractivity contribution in [1.29, 1.82) is 0 Å². The Balaban J connectivity index is 1.81.